The molecular formula is C7H14N2O3. The van der Waals surface area contributed by atoms with Gasteiger partial charge in [0.2, 0.25) is 5.91 Å². The average molecular weight is 174 g/mol. The summed E-state index contributed by atoms with van der Waals surface area (Å²) in [4.78, 5) is 21.1. The number of nitrogens with one attached hydrogen (secondary N) is 1. The topological polar surface area (TPSA) is 92.4 Å². The van der Waals surface area contributed by atoms with Crippen molar-refractivity contribution < 1.29 is 14.7 Å². The van der Waals surface area contributed by atoms with Crippen LogP contribution < -0.4 is 11.1 Å². The summed E-state index contributed by atoms with van der Waals surface area (Å²) >= 11 is 0. The van der Waals surface area contributed by atoms with E-state index in [2.05, 4.69) is 5.32 Å². The number of hydrogen-bond acceptors (Lipinski definition) is 3. The zero-order valence-corrected chi connectivity index (χ0v) is 7.04. The van der Waals surface area contributed by atoms with Gasteiger partial charge in [0.05, 0.1) is 12.5 Å². The van der Waals surface area contributed by atoms with Crippen LogP contribution in [0.15, 0.2) is 0 Å². The summed E-state index contributed by atoms with van der Waals surface area (Å²) in [5.41, 5.74) is 5.27. The lowest BCUT2D eigenvalue weighted by Gasteiger charge is -2.08. The largest absolute Gasteiger partial charge is 0.481 e. The number of carboxylic acids is 1. The highest BCUT2D eigenvalue weighted by atomic mass is 16.4. The molecule has 0 fully saturated rings. The lowest BCUT2D eigenvalue weighted by molar-refractivity contribution is -0.139. The molecular weight excluding hydrogens is 160 g/mol. The van der Waals surface area contributed by atoms with Crippen LogP contribution in [0.4, 0.5) is 0 Å². The van der Waals surface area contributed by atoms with Crippen molar-refractivity contribution in [1.29, 1.82) is 0 Å². The third kappa shape index (κ3) is 4.68. The van der Waals surface area contributed by atoms with Crippen molar-refractivity contribution in [2.24, 2.45) is 5.73 Å². The van der Waals surface area contributed by atoms with Gasteiger partial charge in [0.15, 0.2) is 0 Å². The van der Waals surface area contributed by atoms with Gasteiger partial charge in [0.25, 0.3) is 0 Å². The maximum Gasteiger partial charge on any atom is 0.305 e. The van der Waals surface area contributed by atoms with Crippen molar-refractivity contribution in [2.45, 2.75) is 25.8 Å². The molecule has 5 heteroatoms. The maximum atomic E-state index is 10.9. The number of amides is 1. The van der Waals surface area contributed by atoms with Gasteiger partial charge in [-0.05, 0) is 6.42 Å². The first-order chi connectivity index (χ1) is 5.57. The summed E-state index contributed by atoms with van der Waals surface area (Å²) in [5.74, 6) is -1.46. The first-order valence-electron chi connectivity index (χ1n) is 3.83. The van der Waals surface area contributed by atoms with Crippen LogP contribution in [0.1, 0.15) is 19.8 Å². The summed E-state index contributed by atoms with van der Waals surface area (Å²) in [6.07, 6.45) is 0.487. The number of nitrogens with two attached hydrogens (primary N) is 1. The quantitative estimate of drug-likeness (QED) is 0.514. The van der Waals surface area contributed by atoms with Crippen LogP contribution in [0.2, 0.25) is 0 Å². The van der Waals surface area contributed by atoms with Crippen molar-refractivity contribution in [3.8, 4) is 0 Å². The van der Waals surface area contributed by atoms with E-state index in [9.17, 15) is 9.59 Å². The molecule has 1 atom stereocenters. The molecule has 5 nitrogen and oxygen atoms in total. The molecule has 1 unspecified atom stereocenters. The summed E-state index contributed by atoms with van der Waals surface area (Å²) < 4.78 is 0. The van der Waals surface area contributed by atoms with E-state index in [0.29, 0.717) is 6.54 Å². The molecule has 0 aliphatic carbocycles. The first kappa shape index (κ1) is 10.9. The van der Waals surface area contributed by atoms with Gasteiger partial charge in [-0.25, -0.2) is 0 Å². The summed E-state index contributed by atoms with van der Waals surface area (Å²) in [6, 6.07) is -0.936. The minimum absolute atomic E-state index is 0.324. The van der Waals surface area contributed by atoms with Crippen LogP contribution in [0, 0.1) is 0 Å². The van der Waals surface area contributed by atoms with Crippen LogP contribution in [-0.2, 0) is 9.59 Å². The van der Waals surface area contributed by atoms with Gasteiger partial charge in [-0.2, -0.15) is 0 Å². The van der Waals surface area contributed by atoms with Crippen molar-refractivity contribution in [3.63, 3.8) is 0 Å². The van der Waals surface area contributed by atoms with Crippen LogP contribution in [0.5, 0.6) is 0 Å². The molecule has 0 bridgehead atoms. The molecule has 4 N–H and O–H groups in total. The van der Waals surface area contributed by atoms with E-state index in [1.807, 2.05) is 6.92 Å². The molecule has 0 heterocycles. The van der Waals surface area contributed by atoms with E-state index < -0.39 is 17.9 Å². The van der Waals surface area contributed by atoms with Crippen molar-refractivity contribution in [1.82, 2.24) is 5.32 Å². The van der Waals surface area contributed by atoms with Gasteiger partial charge in [0.1, 0.15) is 0 Å². The normalized spacial score (nSPS) is 12.2. The smallest absolute Gasteiger partial charge is 0.305 e. The number of aliphatic carboxylic acids is 1. The second-order valence-corrected chi connectivity index (χ2v) is 2.50. The highest BCUT2D eigenvalue weighted by Crippen LogP contribution is 1.87. The van der Waals surface area contributed by atoms with E-state index in [1.54, 1.807) is 0 Å². The van der Waals surface area contributed by atoms with Gasteiger partial charge in [-0.15, -0.1) is 0 Å². The first-order valence-corrected chi connectivity index (χ1v) is 3.83. The Morgan fingerprint density at radius 1 is 1.58 bits per heavy atom. The molecule has 1 amide bonds. The fourth-order valence-electron chi connectivity index (χ4n) is 0.660. The second-order valence-electron chi connectivity index (χ2n) is 2.50. The van der Waals surface area contributed by atoms with Crippen molar-refractivity contribution >= 4 is 11.9 Å². The minimum atomic E-state index is -1.06. The molecule has 0 aliphatic rings. The van der Waals surface area contributed by atoms with Gasteiger partial charge >= 0.3 is 5.97 Å². The summed E-state index contributed by atoms with van der Waals surface area (Å²) in [5, 5.41) is 10.8. The van der Waals surface area contributed by atoms with Gasteiger partial charge in [-0.3, -0.25) is 9.59 Å². The number of carbonyl (C=O) groups is 2. The zero-order valence-electron chi connectivity index (χ0n) is 7.04. The van der Waals surface area contributed by atoms with E-state index in [1.165, 1.54) is 0 Å². The van der Waals surface area contributed by atoms with Crippen molar-refractivity contribution in [3.05, 3.63) is 0 Å². The molecule has 12 heavy (non-hydrogen) atoms. The van der Waals surface area contributed by atoms with E-state index in [0.717, 1.165) is 6.42 Å². The van der Waals surface area contributed by atoms with E-state index >= 15 is 0 Å². The molecule has 0 radical (unpaired) electrons. The molecule has 0 saturated carbocycles. The molecule has 0 rings (SSSR count). The number of hydrogen-bond donors (Lipinski definition) is 3. The Balaban J connectivity index is 3.69. The summed E-state index contributed by atoms with van der Waals surface area (Å²) in [6.45, 7) is 2.44. The Morgan fingerprint density at radius 3 is 2.58 bits per heavy atom. The Kier molecular flexibility index (Phi) is 5.03. The fraction of sp³-hybridized carbons (Fsp3) is 0.714. The Hall–Kier alpha value is -1.10. The number of rotatable bonds is 5. The van der Waals surface area contributed by atoms with Crippen LogP contribution in [-0.4, -0.2) is 29.6 Å². The maximum absolute atomic E-state index is 10.9. The molecule has 0 saturated heterocycles. The van der Waals surface area contributed by atoms with Crippen molar-refractivity contribution in [2.75, 3.05) is 6.54 Å². The lowest BCUT2D eigenvalue weighted by Crippen LogP contribution is -2.42. The number of carbonyl (C=O) groups excluding carboxylic acids is 1. The molecule has 0 aromatic rings. The lowest BCUT2D eigenvalue weighted by atomic mass is 10.2. The standard InChI is InChI=1S/C7H14N2O3/c1-2-3-9-7(12)5(8)4-6(10)11/h5H,2-4,8H2,1H3,(H,9,12)(H,10,11). The Bertz CT molecular complexity index is 170. The monoisotopic (exact) mass is 174 g/mol. The zero-order chi connectivity index (χ0) is 9.56. The fourth-order valence-corrected chi connectivity index (χ4v) is 0.660. The predicted molar refractivity (Wildman–Crippen MR) is 43.5 cm³/mol. The molecule has 0 aliphatic heterocycles. The highest BCUT2D eigenvalue weighted by Gasteiger charge is 2.15. The Morgan fingerprint density at radius 2 is 2.17 bits per heavy atom. The SMILES string of the molecule is CCCNC(=O)C(N)CC(=O)O. The second kappa shape index (κ2) is 5.54. The van der Waals surface area contributed by atoms with Crippen LogP contribution >= 0.6 is 0 Å². The number of carboxylic acid groups (broad SMARTS) is 1. The summed E-state index contributed by atoms with van der Waals surface area (Å²) in [7, 11) is 0. The van der Waals surface area contributed by atoms with E-state index in [4.69, 9.17) is 10.8 Å². The highest BCUT2D eigenvalue weighted by molar-refractivity contribution is 5.85. The van der Waals surface area contributed by atoms with Gasteiger partial charge in [0, 0.05) is 6.54 Å². The predicted octanol–water partition coefficient (Wildman–Crippen LogP) is -0.685. The van der Waals surface area contributed by atoms with Gasteiger partial charge < -0.3 is 16.2 Å². The van der Waals surface area contributed by atoms with Gasteiger partial charge in [-0.1, -0.05) is 6.92 Å². The Labute approximate surface area is 70.9 Å². The molecule has 0 spiro atoms. The third-order valence-corrected chi connectivity index (χ3v) is 1.28. The minimum Gasteiger partial charge on any atom is -0.481 e. The van der Waals surface area contributed by atoms with Crippen LogP contribution in [0.3, 0.4) is 0 Å². The van der Waals surface area contributed by atoms with Crippen LogP contribution in [0.25, 0.3) is 0 Å². The average Bonchev–Trinajstić information content (AvgIpc) is 1.98. The molecule has 0 aromatic heterocycles. The van der Waals surface area contributed by atoms with E-state index in [-0.39, 0.29) is 6.42 Å². The molecule has 0 aromatic carbocycles. The third-order valence-electron chi connectivity index (χ3n) is 1.28. The molecule has 70 valence electrons.